The predicted molar refractivity (Wildman–Crippen MR) is 79.3 cm³/mol. The molecule has 0 aliphatic carbocycles. The molecule has 0 saturated heterocycles. The Morgan fingerprint density at radius 1 is 1.30 bits per heavy atom. The van der Waals surface area contributed by atoms with Gasteiger partial charge in [0, 0.05) is 12.2 Å². The second-order valence-electron chi connectivity index (χ2n) is 5.17. The van der Waals surface area contributed by atoms with Gasteiger partial charge in [-0.2, -0.15) is 4.98 Å². The van der Waals surface area contributed by atoms with Crippen molar-refractivity contribution in [2.75, 3.05) is 24.3 Å². The molecule has 1 aromatic carbocycles. The lowest BCUT2D eigenvalue weighted by atomic mass is 9.94. The van der Waals surface area contributed by atoms with Gasteiger partial charge in [0.25, 0.3) is 0 Å². The van der Waals surface area contributed by atoms with Gasteiger partial charge in [0.05, 0.1) is 7.11 Å². The normalized spacial score (nSPS) is 17.7. The van der Waals surface area contributed by atoms with E-state index in [0.29, 0.717) is 17.5 Å². The van der Waals surface area contributed by atoms with Gasteiger partial charge in [-0.1, -0.05) is 25.1 Å². The monoisotopic (exact) mass is 270 g/mol. The zero-order valence-electron chi connectivity index (χ0n) is 11.7. The van der Waals surface area contributed by atoms with Gasteiger partial charge >= 0.3 is 0 Å². The summed E-state index contributed by atoms with van der Waals surface area (Å²) in [7, 11) is 1.56. The van der Waals surface area contributed by atoms with Crippen LogP contribution in [0.3, 0.4) is 0 Å². The van der Waals surface area contributed by atoms with Crippen LogP contribution in [-0.4, -0.2) is 23.6 Å². The van der Waals surface area contributed by atoms with Crippen LogP contribution in [0.15, 0.2) is 30.6 Å². The van der Waals surface area contributed by atoms with Crippen LogP contribution in [0, 0.1) is 5.92 Å². The maximum Gasteiger partial charge on any atom is 0.242 e. The van der Waals surface area contributed by atoms with Crippen LogP contribution < -0.4 is 15.4 Å². The molecular weight excluding hydrogens is 252 g/mol. The standard InChI is InChI=1S/C15H18N4O/c1-10-7-11-5-3-4-6-12(11)19(8-10)14-13(16)15(20-2)18-9-17-14/h3-6,9-10H,7-8,16H2,1-2H3. The van der Waals surface area contributed by atoms with E-state index in [-0.39, 0.29) is 0 Å². The lowest BCUT2D eigenvalue weighted by Gasteiger charge is -2.34. The average molecular weight is 270 g/mol. The molecule has 2 aromatic rings. The number of benzene rings is 1. The molecule has 0 radical (unpaired) electrons. The Labute approximate surface area is 118 Å². The lowest BCUT2D eigenvalue weighted by molar-refractivity contribution is 0.399. The fraction of sp³-hybridized carbons (Fsp3) is 0.333. The summed E-state index contributed by atoms with van der Waals surface area (Å²) in [6.45, 7) is 3.12. The van der Waals surface area contributed by atoms with Crippen molar-refractivity contribution in [1.82, 2.24) is 9.97 Å². The van der Waals surface area contributed by atoms with Gasteiger partial charge in [-0.3, -0.25) is 0 Å². The quantitative estimate of drug-likeness (QED) is 0.907. The highest BCUT2D eigenvalue weighted by atomic mass is 16.5. The Morgan fingerprint density at radius 3 is 2.90 bits per heavy atom. The summed E-state index contributed by atoms with van der Waals surface area (Å²) >= 11 is 0. The first-order valence-electron chi connectivity index (χ1n) is 6.70. The minimum Gasteiger partial charge on any atom is -0.479 e. The zero-order valence-corrected chi connectivity index (χ0v) is 11.7. The number of nitrogens with two attached hydrogens (primary N) is 1. The van der Waals surface area contributed by atoms with E-state index in [1.165, 1.54) is 11.9 Å². The number of hydrogen-bond donors (Lipinski definition) is 1. The van der Waals surface area contributed by atoms with Gasteiger partial charge in [-0.25, -0.2) is 4.98 Å². The molecule has 5 nitrogen and oxygen atoms in total. The summed E-state index contributed by atoms with van der Waals surface area (Å²) in [4.78, 5) is 10.6. The van der Waals surface area contributed by atoms with Gasteiger partial charge in [0.1, 0.15) is 12.0 Å². The van der Waals surface area contributed by atoms with Crippen LogP contribution >= 0.6 is 0 Å². The number of nitrogens with zero attached hydrogens (tertiary/aromatic N) is 3. The number of fused-ring (bicyclic) bond motifs is 1. The van der Waals surface area contributed by atoms with Crippen molar-refractivity contribution in [1.29, 1.82) is 0 Å². The SMILES string of the molecule is COc1ncnc(N2CC(C)Cc3ccccc32)c1N. The molecule has 3 rings (SSSR count). The third kappa shape index (κ3) is 2.05. The highest BCUT2D eigenvalue weighted by molar-refractivity contribution is 5.76. The summed E-state index contributed by atoms with van der Waals surface area (Å²) in [5.41, 5.74) is 9.11. The second kappa shape index (κ2) is 5.00. The highest BCUT2D eigenvalue weighted by Crippen LogP contribution is 2.38. The molecule has 1 unspecified atom stereocenters. The molecule has 5 heteroatoms. The topological polar surface area (TPSA) is 64.3 Å². The van der Waals surface area contributed by atoms with Crippen LogP contribution in [0.2, 0.25) is 0 Å². The second-order valence-corrected chi connectivity index (χ2v) is 5.17. The molecule has 2 heterocycles. The van der Waals surface area contributed by atoms with E-state index in [1.54, 1.807) is 7.11 Å². The Kier molecular flexibility index (Phi) is 3.18. The molecule has 0 fully saturated rings. The van der Waals surface area contributed by atoms with E-state index >= 15 is 0 Å². The highest BCUT2D eigenvalue weighted by Gasteiger charge is 2.25. The Hall–Kier alpha value is -2.30. The van der Waals surface area contributed by atoms with Crippen molar-refractivity contribution in [2.45, 2.75) is 13.3 Å². The Morgan fingerprint density at radius 2 is 2.10 bits per heavy atom. The molecule has 0 bridgehead atoms. The van der Waals surface area contributed by atoms with Crippen molar-refractivity contribution in [3.8, 4) is 5.88 Å². The molecule has 104 valence electrons. The van der Waals surface area contributed by atoms with E-state index in [9.17, 15) is 0 Å². The number of ether oxygens (including phenoxy) is 1. The van der Waals surface area contributed by atoms with Crippen LogP contribution in [0.5, 0.6) is 5.88 Å². The number of nitrogen functional groups attached to an aromatic ring is 1. The van der Waals surface area contributed by atoms with E-state index in [1.807, 2.05) is 6.07 Å². The van der Waals surface area contributed by atoms with Crippen LogP contribution in [-0.2, 0) is 6.42 Å². The predicted octanol–water partition coefficient (Wildman–Crippen LogP) is 2.40. The third-order valence-corrected chi connectivity index (χ3v) is 3.62. The van der Waals surface area contributed by atoms with E-state index in [0.717, 1.165) is 24.5 Å². The van der Waals surface area contributed by atoms with Crippen molar-refractivity contribution < 1.29 is 4.74 Å². The fourth-order valence-electron chi connectivity index (χ4n) is 2.75. The number of hydrogen-bond acceptors (Lipinski definition) is 5. The van der Waals surface area contributed by atoms with Gasteiger partial charge < -0.3 is 15.4 Å². The minimum atomic E-state index is 0.422. The van der Waals surface area contributed by atoms with Gasteiger partial charge in [0.2, 0.25) is 5.88 Å². The molecule has 1 aliphatic heterocycles. The van der Waals surface area contributed by atoms with Gasteiger partial charge in [-0.05, 0) is 24.0 Å². The van der Waals surface area contributed by atoms with Crippen LogP contribution in [0.25, 0.3) is 0 Å². The molecule has 20 heavy (non-hydrogen) atoms. The van der Waals surface area contributed by atoms with E-state index in [4.69, 9.17) is 10.5 Å². The summed E-state index contributed by atoms with van der Waals surface area (Å²) in [6.07, 6.45) is 2.57. The molecule has 0 amide bonds. The van der Waals surface area contributed by atoms with Crippen molar-refractivity contribution >= 4 is 17.2 Å². The third-order valence-electron chi connectivity index (χ3n) is 3.62. The molecule has 1 aliphatic rings. The first-order chi connectivity index (χ1) is 9.70. The molecule has 0 saturated carbocycles. The summed E-state index contributed by atoms with van der Waals surface area (Å²) in [6, 6.07) is 8.37. The number of rotatable bonds is 2. The Balaban J connectivity index is 2.11. The minimum absolute atomic E-state index is 0.422. The van der Waals surface area contributed by atoms with Crippen molar-refractivity contribution in [3.63, 3.8) is 0 Å². The molecular formula is C15H18N4O. The number of anilines is 3. The number of para-hydroxylation sites is 1. The smallest absolute Gasteiger partial charge is 0.242 e. The largest absolute Gasteiger partial charge is 0.479 e. The first kappa shape index (κ1) is 12.7. The van der Waals surface area contributed by atoms with Gasteiger partial charge in [-0.15, -0.1) is 0 Å². The molecule has 0 spiro atoms. The number of aromatic nitrogens is 2. The lowest BCUT2D eigenvalue weighted by Crippen LogP contribution is -2.31. The number of methoxy groups -OCH3 is 1. The Bertz CT molecular complexity index is 629. The van der Waals surface area contributed by atoms with E-state index in [2.05, 4.69) is 40.0 Å². The molecule has 1 atom stereocenters. The average Bonchev–Trinajstić information content (AvgIpc) is 2.46. The molecule has 2 N–H and O–H groups in total. The maximum atomic E-state index is 6.14. The maximum absolute atomic E-state index is 6.14. The van der Waals surface area contributed by atoms with Gasteiger partial charge in [0.15, 0.2) is 5.82 Å². The first-order valence-corrected chi connectivity index (χ1v) is 6.70. The summed E-state index contributed by atoms with van der Waals surface area (Å²) < 4.78 is 5.19. The van der Waals surface area contributed by atoms with Crippen LogP contribution in [0.1, 0.15) is 12.5 Å². The zero-order chi connectivity index (χ0) is 14.1. The van der Waals surface area contributed by atoms with Crippen molar-refractivity contribution in [2.24, 2.45) is 5.92 Å². The molecule has 1 aromatic heterocycles. The van der Waals surface area contributed by atoms with Crippen molar-refractivity contribution in [3.05, 3.63) is 36.2 Å². The fourth-order valence-corrected chi connectivity index (χ4v) is 2.75. The van der Waals surface area contributed by atoms with Crippen LogP contribution in [0.4, 0.5) is 17.2 Å². The summed E-state index contributed by atoms with van der Waals surface area (Å²) in [5.74, 6) is 1.69. The van der Waals surface area contributed by atoms with E-state index < -0.39 is 0 Å². The summed E-state index contributed by atoms with van der Waals surface area (Å²) in [5, 5.41) is 0.